The summed E-state index contributed by atoms with van der Waals surface area (Å²) >= 11 is 3.62. The molecule has 3 rings (SSSR count). The molecular formula is C14H20BrN5O. The van der Waals surface area contributed by atoms with Gasteiger partial charge in [-0.05, 0) is 42.1 Å². The smallest absolute Gasteiger partial charge is 0.279 e. The Morgan fingerprint density at radius 1 is 1.19 bits per heavy atom. The van der Waals surface area contributed by atoms with Crippen LogP contribution in [0.3, 0.4) is 0 Å². The maximum absolute atomic E-state index is 12.4. The lowest BCUT2D eigenvalue weighted by Gasteiger charge is -2.09. The molecule has 1 aliphatic rings. The van der Waals surface area contributed by atoms with E-state index in [0.29, 0.717) is 6.54 Å². The maximum Gasteiger partial charge on any atom is 0.346 e. The van der Waals surface area contributed by atoms with Crippen LogP contribution in [0.15, 0.2) is 9.27 Å². The minimum atomic E-state index is -0.00139. The normalized spacial score (nSPS) is 14.4. The van der Waals surface area contributed by atoms with E-state index < -0.39 is 0 Å². The van der Waals surface area contributed by atoms with Gasteiger partial charge in [0.25, 0.3) is 0 Å². The van der Waals surface area contributed by atoms with Crippen molar-refractivity contribution in [1.82, 2.24) is 24.1 Å². The third-order valence-corrected chi connectivity index (χ3v) is 4.94. The lowest BCUT2D eigenvalue weighted by molar-refractivity contribution is 0.510. The summed E-state index contributed by atoms with van der Waals surface area (Å²) in [5.41, 5.74) is 2.05. The fourth-order valence-corrected chi connectivity index (χ4v) is 3.55. The van der Waals surface area contributed by atoms with Gasteiger partial charge in [-0.3, -0.25) is 9.25 Å². The van der Waals surface area contributed by atoms with E-state index in [4.69, 9.17) is 0 Å². The number of aromatic nitrogens is 5. The predicted molar refractivity (Wildman–Crippen MR) is 83.5 cm³/mol. The highest BCUT2D eigenvalue weighted by molar-refractivity contribution is 9.10. The van der Waals surface area contributed by atoms with Crippen LogP contribution in [-0.2, 0) is 32.5 Å². The SMILES string of the molecule is CCc1nn(CC)c(Cn2nc3n(c2=O)CCCC3)c1Br. The Balaban J connectivity index is 1.99. The molecule has 2 aromatic heterocycles. The van der Waals surface area contributed by atoms with Crippen molar-refractivity contribution in [2.75, 3.05) is 0 Å². The Labute approximate surface area is 131 Å². The minimum Gasteiger partial charge on any atom is -0.279 e. The summed E-state index contributed by atoms with van der Waals surface area (Å²) in [6, 6.07) is 0. The molecule has 0 amide bonds. The summed E-state index contributed by atoms with van der Waals surface area (Å²) in [5, 5.41) is 9.08. The molecule has 0 fully saturated rings. The summed E-state index contributed by atoms with van der Waals surface area (Å²) in [6.07, 6.45) is 3.95. The molecule has 0 saturated carbocycles. The van der Waals surface area contributed by atoms with Crippen molar-refractivity contribution in [2.24, 2.45) is 0 Å². The number of nitrogens with zero attached hydrogens (tertiary/aromatic N) is 5. The summed E-state index contributed by atoms with van der Waals surface area (Å²) in [6.45, 7) is 6.20. The maximum atomic E-state index is 12.4. The fourth-order valence-electron chi connectivity index (χ4n) is 2.86. The predicted octanol–water partition coefficient (Wildman–Crippen LogP) is 1.97. The highest BCUT2D eigenvalue weighted by atomic mass is 79.9. The molecule has 6 nitrogen and oxygen atoms in total. The van der Waals surface area contributed by atoms with Gasteiger partial charge in [-0.25, -0.2) is 9.48 Å². The minimum absolute atomic E-state index is 0.00139. The number of fused-ring (bicyclic) bond motifs is 1. The number of aryl methyl sites for hydroxylation is 3. The topological polar surface area (TPSA) is 57.6 Å². The van der Waals surface area contributed by atoms with Gasteiger partial charge in [0.2, 0.25) is 0 Å². The third-order valence-electron chi connectivity index (χ3n) is 4.03. The van der Waals surface area contributed by atoms with Gasteiger partial charge in [0.1, 0.15) is 5.82 Å². The average Bonchev–Trinajstić information content (AvgIpc) is 2.99. The zero-order chi connectivity index (χ0) is 15.0. The Hall–Kier alpha value is -1.37. The summed E-state index contributed by atoms with van der Waals surface area (Å²) < 4.78 is 6.34. The largest absolute Gasteiger partial charge is 0.346 e. The molecule has 114 valence electrons. The second-order valence-corrected chi connectivity index (χ2v) is 6.13. The first-order valence-corrected chi connectivity index (χ1v) is 8.35. The number of rotatable bonds is 4. The fraction of sp³-hybridized carbons (Fsp3) is 0.643. The molecular weight excluding hydrogens is 334 g/mol. The molecule has 0 N–H and O–H groups in total. The van der Waals surface area contributed by atoms with Gasteiger partial charge in [-0.2, -0.15) is 10.2 Å². The highest BCUT2D eigenvalue weighted by Gasteiger charge is 2.20. The number of hydrogen-bond donors (Lipinski definition) is 0. The first-order valence-electron chi connectivity index (χ1n) is 7.56. The van der Waals surface area contributed by atoms with Crippen LogP contribution >= 0.6 is 15.9 Å². The standard InChI is InChI=1S/C14H20BrN5O/c1-3-10-13(15)11(19(4-2)16-10)9-20-14(21)18-8-6-5-7-12(18)17-20/h3-9H2,1-2H3. The lowest BCUT2D eigenvalue weighted by atomic mass is 10.2. The first kappa shape index (κ1) is 14.6. The molecule has 2 aromatic rings. The van der Waals surface area contributed by atoms with Gasteiger partial charge in [0, 0.05) is 19.5 Å². The van der Waals surface area contributed by atoms with Crippen LogP contribution in [0.1, 0.15) is 43.9 Å². The summed E-state index contributed by atoms with van der Waals surface area (Å²) in [4.78, 5) is 12.4. The van der Waals surface area contributed by atoms with Gasteiger partial charge < -0.3 is 0 Å². The zero-order valence-electron chi connectivity index (χ0n) is 12.5. The van der Waals surface area contributed by atoms with Crippen LogP contribution in [0.25, 0.3) is 0 Å². The zero-order valence-corrected chi connectivity index (χ0v) is 14.1. The molecule has 0 spiro atoms. The van der Waals surface area contributed by atoms with Crippen LogP contribution in [0.5, 0.6) is 0 Å². The quantitative estimate of drug-likeness (QED) is 0.844. The average molecular weight is 354 g/mol. The van der Waals surface area contributed by atoms with Gasteiger partial charge in [-0.15, -0.1) is 0 Å². The number of hydrogen-bond acceptors (Lipinski definition) is 3. The van der Waals surface area contributed by atoms with E-state index in [0.717, 1.165) is 60.5 Å². The lowest BCUT2D eigenvalue weighted by Crippen LogP contribution is -2.28. The van der Waals surface area contributed by atoms with Gasteiger partial charge in [0.15, 0.2) is 0 Å². The Morgan fingerprint density at radius 2 is 2.00 bits per heavy atom. The van der Waals surface area contributed by atoms with E-state index in [2.05, 4.69) is 40.0 Å². The van der Waals surface area contributed by atoms with Crippen molar-refractivity contribution in [2.45, 2.75) is 59.2 Å². The monoisotopic (exact) mass is 353 g/mol. The molecule has 0 atom stereocenters. The van der Waals surface area contributed by atoms with Crippen LogP contribution in [0.2, 0.25) is 0 Å². The second-order valence-electron chi connectivity index (χ2n) is 5.34. The van der Waals surface area contributed by atoms with E-state index in [9.17, 15) is 4.79 Å². The van der Waals surface area contributed by atoms with E-state index in [1.165, 1.54) is 0 Å². The second kappa shape index (κ2) is 5.79. The molecule has 1 aliphatic heterocycles. The van der Waals surface area contributed by atoms with Gasteiger partial charge in [-0.1, -0.05) is 6.92 Å². The Morgan fingerprint density at radius 3 is 2.67 bits per heavy atom. The van der Waals surface area contributed by atoms with Crippen molar-refractivity contribution in [3.8, 4) is 0 Å². The molecule has 0 bridgehead atoms. The number of halogens is 1. The molecule has 0 saturated heterocycles. The van der Waals surface area contributed by atoms with Crippen molar-refractivity contribution >= 4 is 15.9 Å². The molecule has 0 radical (unpaired) electrons. The summed E-state index contributed by atoms with van der Waals surface area (Å²) in [5.74, 6) is 0.917. The Bertz CT molecular complexity index is 712. The molecule has 3 heterocycles. The van der Waals surface area contributed by atoms with Crippen molar-refractivity contribution in [1.29, 1.82) is 0 Å². The van der Waals surface area contributed by atoms with Gasteiger partial charge >= 0.3 is 5.69 Å². The van der Waals surface area contributed by atoms with Crippen LogP contribution < -0.4 is 5.69 Å². The van der Waals surface area contributed by atoms with Crippen LogP contribution in [0.4, 0.5) is 0 Å². The molecule has 0 aliphatic carbocycles. The summed E-state index contributed by atoms with van der Waals surface area (Å²) in [7, 11) is 0. The van der Waals surface area contributed by atoms with E-state index in [-0.39, 0.29) is 5.69 Å². The molecule has 7 heteroatoms. The van der Waals surface area contributed by atoms with Gasteiger partial charge in [0.05, 0.1) is 22.4 Å². The Kier molecular flexibility index (Phi) is 4.01. The van der Waals surface area contributed by atoms with E-state index in [1.807, 2.05) is 9.25 Å². The highest BCUT2D eigenvalue weighted by Crippen LogP contribution is 2.23. The molecule has 21 heavy (non-hydrogen) atoms. The molecule has 0 aromatic carbocycles. The van der Waals surface area contributed by atoms with Crippen LogP contribution in [-0.4, -0.2) is 24.1 Å². The van der Waals surface area contributed by atoms with E-state index >= 15 is 0 Å². The van der Waals surface area contributed by atoms with Crippen LogP contribution in [0, 0.1) is 0 Å². The van der Waals surface area contributed by atoms with E-state index in [1.54, 1.807) is 4.68 Å². The van der Waals surface area contributed by atoms with Crippen molar-refractivity contribution in [3.05, 3.63) is 32.2 Å². The molecule has 0 unspecified atom stereocenters. The van der Waals surface area contributed by atoms with Crippen molar-refractivity contribution < 1.29 is 0 Å². The third kappa shape index (κ3) is 2.47. The van der Waals surface area contributed by atoms with Crippen molar-refractivity contribution in [3.63, 3.8) is 0 Å². The first-order chi connectivity index (χ1) is 10.2.